The third-order valence-corrected chi connectivity index (χ3v) is 34.8. The number of rotatable bonds is 1. The maximum Gasteiger partial charge on any atom is 0.0768 e. The molecule has 0 nitrogen and oxygen atoms in total. The van der Waals surface area contributed by atoms with Crippen LogP contribution in [0.15, 0.2) is 11.3 Å². The van der Waals surface area contributed by atoms with E-state index >= 15 is 0 Å². The van der Waals surface area contributed by atoms with Gasteiger partial charge in [-0.1, -0.05) is 99.8 Å². The Kier molecular flexibility index (Phi) is 4.51. The fourth-order valence-electron chi connectivity index (χ4n) is 10.5. The van der Waals surface area contributed by atoms with Crippen molar-refractivity contribution in [3.05, 3.63) is 11.3 Å². The Labute approximate surface area is 166 Å². The molecular formula is C24H46Si2. The van der Waals surface area contributed by atoms with E-state index in [1.54, 1.807) is 12.5 Å². The second-order valence-corrected chi connectivity index (χ2v) is 28.0. The molecule has 3 rings (SSSR count). The van der Waals surface area contributed by atoms with E-state index in [1.807, 2.05) is 5.57 Å². The minimum Gasteiger partial charge on any atom is -0.0966 e. The summed E-state index contributed by atoms with van der Waals surface area (Å²) in [5.74, 6) is 1.01. The van der Waals surface area contributed by atoms with Gasteiger partial charge in [0.05, 0.1) is 15.2 Å². The van der Waals surface area contributed by atoms with E-state index in [2.05, 4.69) is 81.9 Å². The Bertz CT molecular complexity index is 574. The molecule has 150 valence electrons. The zero-order valence-electron chi connectivity index (χ0n) is 19.8. The summed E-state index contributed by atoms with van der Waals surface area (Å²) in [5.41, 5.74) is 6.46. The second kappa shape index (κ2) is 5.62. The topological polar surface area (TPSA) is 0 Å². The van der Waals surface area contributed by atoms with Gasteiger partial charge < -0.3 is 0 Å². The van der Waals surface area contributed by atoms with Gasteiger partial charge in [0.25, 0.3) is 0 Å². The Balaban J connectivity index is 2.38. The molecular weight excluding hydrogens is 344 g/mol. The van der Waals surface area contributed by atoms with Crippen LogP contribution in [-0.2, 0) is 0 Å². The van der Waals surface area contributed by atoms with E-state index in [0.717, 1.165) is 11.5 Å². The van der Waals surface area contributed by atoms with E-state index in [0.29, 0.717) is 20.5 Å². The van der Waals surface area contributed by atoms with E-state index < -0.39 is 15.2 Å². The molecule has 1 saturated carbocycles. The molecule has 0 aromatic heterocycles. The molecule has 4 atom stereocenters. The first-order valence-corrected chi connectivity index (χ1v) is 16.6. The van der Waals surface area contributed by atoms with Crippen LogP contribution in [0, 0.1) is 11.3 Å². The van der Waals surface area contributed by atoms with E-state index in [4.69, 9.17) is 0 Å². The van der Waals surface area contributed by atoms with Crippen molar-refractivity contribution in [2.75, 3.05) is 0 Å². The highest BCUT2D eigenvalue weighted by Crippen LogP contribution is 2.78. The van der Waals surface area contributed by atoms with Crippen LogP contribution in [0.4, 0.5) is 0 Å². The molecule has 4 unspecified atom stereocenters. The third-order valence-electron chi connectivity index (χ3n) is 9.35. The summed E-state index contributed by atoms with van der Waals surface area (Å²) in [6.45, 7) is 29.0. The average Bonchev–Trinajstić information content (AvgIpc) is 2.81. The lowest BCUT2D eigenvalue weighted by Gasteiger charge is -2.68. The molecule has 2 fully saturated rings. The molecule has 0 N–H and O–H groups in total. The minimum atomic E-state index is -1.71. The van der Waals surface area contributed by atoms with Crippen LogP contribution in [0.25, 0.3) is 0 Å². The number of hydrogen-bond acceptors (Lipinski definition) is 0. The Morgan fingerprint density at radius 1 is 0.885 bits per heavy atom. The summed E-state index contributed by atoms with van der Waals surface area (Å²) in [5, 5.41) is 1.35. The lowest BCUT2D eigenvalue weighted by Crippen LogP contribution is -2.76. The number of fused-ring (bicyclic) bond motifs is 5. The zero-order chi connectivity index (χ0) is 20.0. The zero-order valence-corrected chi connectivity index (χ0v) is 21.8. The van der Waals surface area contributed by atoms with Gasteiger partial charge >= 0.3 is 0 Å². The lowest BCUT2D eigenvalue weighted by atomic mass is 9.68. The molecule has 2 heterocycles. The van der Waals surface area contributed by atoms with Gasteiger partial charge in [0.2, 0.25) is 0 Å². The van der Waals surface area contributed by atoms with Crippen molar-refractivity contribution in [3.63, 3.8) is 0 Å². The van der Waals surface area contributed by atoms with Crippen LogP contribution in [0.1, 0.15) is 102 Å². The monoisotopic (exact) mass is 390 g/mol. The highest BCUT2D eigenvalue weighted by molar-refractivity contribution is 7.48. The average molecular weight is 391 g/mol. The molecule has 1 saturated heterocycles. The van der Waals surface area contributed by atoms with Gasteiger partial charge in [0, 0.05) is 0 Å². The first-order valence-electron chi connectivity index (χ1n) is 11.3. The summed E-state index contributed by atoms with van der Waals surface area (Å²) in [6, 6.07) is 1.60. The predicted molar refractivity (Wildman–Crippen MR) is 123 cm³/mol. The fraction of sp³-hybridized carbons (Fsp3) is 0.917. The van der Waals surface area contributed by atoms with E-state index in [9.17, 15) is 0 Å². The van der Waals surface area contributed by atoms with Gasteiger partial charge in [0.15, 0.2) is 0 Å². The van der Waals surface area contributed by atoms with Crippen molar-refractivity contribution >= 4 is 15.2 Å². The molecule has 2 bridgehead atoms. The summed E-state index contributed by atoms with van der Waals surface area (Å²) in [6.07, 6.45) is 6.06. The van der Waals surface area contributed by atoms with Gasteiger partial charge in [0.1, 0.15) is 0 Å². The smallest absolute Gasteiger partial charge is 0.0768 e. The first-order chi connectivity index (χ1) is 11.6. The minimum absolute atomic E-state index is 0.449. The van der Waals surface area contributed by atoms with Crippen molar-refractivity contribution in [2.24, 2.45) is 11.3 Å². The molecule has 0 radical (unpaired) electrons. The molecule has 0 aromatic carbocycles. The van der Waals surface area contributed by atoms with Crippen molar-refractivity contribution in [3.8, 4) is 0 Å². The van der Waals surface area contributed by atoms with Crippen LogP contribution in [-0.4, -0.2) is 15.2 Å². The van der Waals surface area contributed by atoms with Gasteiger partial charge in [-0.3, -0.25) is 0 Å². The molecule has 26 heavy (non-hydrogen) atoms. The lowest BCUT2D eigenvalue weighted by molar-refractivity contribution is 0.220. The predicted octanol–water partition coefficient (Wildman–Crippen LogP) is 8.44. The molecule has 2 aliphatic heterocycles. The highest BCUT2D eigenvalue weighted by Gasteiger charge is 2.78. The molecule has 2 heteroatoms. The first kappa shape index (κ1) is 20.9. The summed E-state index contributed by atoms with van der Waals surface area (Å²) in [7, 11) is -3.25. The molecule has 3 aliphatic rings. The van der Waals surface area contributed by atoms with Crippen molar-refractivity contribution in [1.82, 2.24) is 0 Å². The molecule has 0 spiro atoms. The van der Waals surface area contributed by atoms with Crippen LogP contribution in [0.2, 0.25) is 26.7 Å². The van der Waals surface area contributed by atoms with Gasteiger partial charge in [-0.25, -0.2) is 0 Å². The highest BCUT2D eigenvalue weighted by atomic mass is 29.3. The van der Waals surface area contributed by atoms with Gasteiger partial charge in [-0.05, 0) is 51.4 Å². The molecule has 0 aromatic rings. The Hall–Kier alpha value is 0.174. The summed E-state index contributed by atoms with van der Waals surface area (Å²) < 4.78 is 0. The van der Waals surface area contributed by atoms with Crippen LogP contribution < -0.4 is 0 Å². The van der Waals surface area contributed by atoms with E-state index in [-0.39, 0.29) is 0 Å². The van der Waals surface area contributed by atoms with Crippen LogP contribution in [0.3, 0.4) is 0 Å². The molecule has 1 aliphatic carbocycles. The maximum atomic E-state index is 3.04. The number of allylic oxidation sites excluding steroid dienone is 1. The van der Waals surface area contributed by atoms with Gasteiger partial charge in [-0.15, -0.1) is 0 Å². The Morgan fingerprint density at radius 3 is 1.81 bits per heavy atom. The van der Waals surface area contributed by atoms with E-state index in [1.165, 1.54) is 19.3 Å². The Morgan fingerprint density at radius 2 is 1.35 bits per heavy atom. The largest absolute Gasteiger partial charge is 0.0966 e. The quantitative estimate of drug-likeness (QED) is 0.394. The van der Waals surface area contributed by atoms with Gasteiger partial charge in [-0.2, -0.15) is 0 Å². The molecule has 0 amide bonds. The normalized spacial score (nSPS) is 38.3. The SMILES string of the molecule is CC1=C[Si]2([Si](C(C)(C)C)(C(C)(C)C)C(C)(C)C)CC1(C)C1CCCCC12. The van der Waals surface area contributed by atoms with Crippen molar-refractivity contribution in [1.29, 1.82) is 0 Å². The third kappa shape index (κ3) is 2.24. The summed E-state index contributed by atoms with van der Waals surface area (Å²) >= 11 is 0. The summed E-state index contributed by atoms with van der Waals surface area (Å²) in [4.78, 5) is 0. The van der Waals surface area contributed by atoms with Crippen LogP contribution >= 0.6 is 0 Å². The fourth-order valence-corrected chi connectivity index (χ4v) is 46.4. The second-order valence-electron chi connectivity index (χ2n) is 13.5. The number of hydrogen-bond donors (Lipinski definition) is 0. The van der Waals surface area contributed by atoms with Crippen molar-refractivity contribution < 1.29 is 0 Å². The van der Waals surface area contributed by atoms with Crippen molar-refractivity contribution in [2.45, 2.75) is 129 Å². The maximum absolute atomic E-state index is 3.04. The standard InChI is InChI=1S/C24H46Si2/c1-18-16-25(17-24(18,11)19-14-12-13-15-20(19)25)26(21(2,3)4,22(5,6)7)23(8,9)10/h16,19-20H,12-15,17H2,1-11H3. The van der Waals surface area contributed by atoms with Crippen LogP contribution in [0.5, 0.6) is 0 Å².